The van der Waals surface area contributed by atoms with Gasteiger partial charge in [0.05, 0.1) is 23.0 Å². The fourth-order valence-corrected chi connectivity index (χ4v) is 8.72. The van der Waals surface area contributed by atoms with E-state index < -0.39 is 14.9 Å². The Bertz CT molecular complexity index is 1290. The van der Waals surface area contributed by atoms with Crippen molar-refractivity contribution in [3.8, 4) is 0 Å². The zero-order chi connectivity index (χ0) is 24.9. The molecule has 2 amide bonds. The van der Waals surface area contributed by atoms with Crippen LogP contribution in [0.15, 0.2) is 53.4 Å². The van der Waals surface area contributed by atoms with Gasteiger partial charge < -0.3 is 0 Å². The van der Waals surface area contributed by atoms with Crippen molar-refractivity contribution in [1.82, 2.24) is 9.21 Å². The van der Waals surface area contributed by atoms with Crippen LogP contribution >= 0.6 is 11.8 Å². The minimum atomic E-state index is -3.56. The molecular formula is C26H30N4O4S2. The van der Waals surface area contributed by atoms with Crippen LogP contribution in [-0.2, 0) is 24.5 Å². The first kappa shape index (κ1) is 24.0. The average Bonchev–Trinajstić information content (AvgIpc) is 3.61. The molecule has 0 radical (unpaired) electrons. The molecule has 2 aromatic carbocycles. The Morgan fingerprint density at radius 3 is 2.22 bits per heavy atom. The molecule has 0 aliphatic carbocycles. The van der Waals surface area contributed by atoms with Crippen molar-refractivity contribution in [1.29, 1.82) is 0 Å². The topological polar surface area (TPSA) is 81.2 Å². The fourth-order valence-electron chi connectivity index (χ4n) is 5.84. The molecule has 0 N–H and O–H groups in total. The van der Waals surface area contributed by atoms with Gasteiger partial charge in [-0.2, -0.15) is 4.31 Å². The van der Waals surface area contributed by atoms with E-state index in [-0.39, 0.29) is 22.5 Å². The van der Waals surface area contributed by atoms with Crippen LogP contribution in [0.2, 0.25) is 0 Å². The summed E-state index contributed by atoms with van der Waals surface area (Å²) in [6.07, 6.45) is 5.21. The minimum absolute atomic E-state index is 0.112. The Morgan fingerprint density at radius 2 is 1.50 bits per heavy atom. The summed E-state index contributed by atoms with van der Waals surface area (Å²) in [6, 6.07) is 14.2. The predicted octanol–water partition coefficient (Wildman–Crippen LogP) is 3.19. The van der Waals surface area contributed by atoms with E-state index in [0.717, 1.165) is 50.0 Å². The van der Waals surface area contributed by atoms with Gasteiger partial charge in [-0.25, -0.2) is 8.42 Å². The minimum Gasteiger partial charge on any atom is -0.295 e. The Labute approximate surface area is 216 Å². The van der Waals surface area contributed by atoms with Gasteiger partial charge >= 0.3 is 0 Å². The molecule has 0 aromatic heterocycles. The molecule has 3 saturated heterocycles. The summed E-state index contributed by atoms with van der Waals surface area (Å²) in [4.78, 5) is 32.2. The maximum atomic E-state index is 14.2. The zero-order valence-corrected chi connectivity index (χ0v) is 21.8. The third-order valence-corrected chi connectivity index (χ3v) is 11.0. The molecule has 10 heteroatoms. The first-order chi connectivity index (χ1) is 17.4. The number of hydrogen-bond donors (Lipinski definition) is 0. The lowest BCUT2D eigenvalue weighted by molar-refractivity contribution is -0.124. The van der Waals surface area contributed by atoms with E-state index >= 15 is 0 Å². The number of carbonyl (C=O) groups excluding carboxylic acids is 2. The Morgan fingerprint density at radius 1 is 0.833 bits per heavy atom. The molecule has 6 rings (SSSR count). The molecule has 0 saturated carbocycles. The normalized spacial score (nSPS) is 25.3. The number of para-hydroxylation sites is 1. The first-order valence-corrected chi connectivity index (χ1v) is 15.1. The molecule has 36 heavy (non-hydrogen) atoms. The second kappa shape index (κ2) is 9.16. The number of anilines is 2. The zero-order valence-electron chi connectivity index (χ0n) is 20.1. The second-order valence-electron chi connectivity index (χ2n) is 9.84. The Kier molecular flexibility index (Phi) is 6.10. The molecule has 4 heterocycles. The monoisotopic (exact) mass is 526 g/mol. The maximum Gasteiger partial charge on any atom is 0.269 e. The van der Waals surface area contributed by atoms with Crippen LogP contribution in [0, 0.1) is 0 Å². The predicted molar refractivity (Wildman–Crippen MR) is 140 cm³/mol. The quantitative estimate of drug-likeness (QED) is 0.595. The van der Waals surface area contributed by atoms with Crippen LogP contribution in [0.25, 0.3) is 0 Å². The molecule has 1 atom stereocenters. The van der Waals surface area contributed by atoms with Crippen LogP contribution in [0.4, 0.5) is 11.4 Å². The van der Waals surface area contributed by atoms with Crippen LogP contribution in [0.3, 0.4) is 0 Å². The van der Waals surface area contributed by atoms with E-state index in [1.807, 2.05) is 29.2 Å². The number of hydrogen-bond acceptors (Lipinski definition) is 6. The number of fused-ring (bicyclic) bond motifs is 2. The van der Waals surface area contributed by atoms with E-state index in [4.69, 9.17) is 0 Å². The summed E-state index contributed by atoms with van der Waals surface area (Å²) < 4.78 is 27.5. The van der Waals surface area contributed by atoms with E-state index in [1.54, 1.807) is 29.2 Å². The van der Waals surface area contributed by atoms with Crippen LogP contribution in [0.5, 0.6) is 0 Å². The second-order valence-corrected chi connectivity index (χ2v) is 12.9. The van der Waals surface area contributed by atoms with Gasteiger partial charge in [0.1, 0.15) is 0 Å². The van der Waals surface area contributed by atoms with Crippen molar-refractivity contribution in [2.24, 2.45) is 0 Å². The number of nitrogens with zero attached hydrogens (tertiary/aromatic N) is 4. The fraction of sp³-hybridized carbons (Fsp3) is 0.462. The molecule has 0 bridgehead atoms. The molecule has 4 aliphatic heterocycles. The highest BCUT2D eigenvalue weighted by Gasteiger charge is 2.61. The van der Waals surface area contributed by atoms with Gasteiger partial charge in [-0.05, 0) is 69.1 Å². The van der Waals surface area contributed by atoms with Gasteiger partial charge in [-0.15, -0.1) is 11.8 Å². The van der Waals surface area contributed by atoms with Crippen LogP contribution < -0.4 is 9.80 Å². The lowest BCUT2D eigenvalue weighted by Gasteiger charge is -2.35. The summed E-state index contributed by atoms with van der Waals surface area (Å²) in [5.74, 6) is -0.0807. The van der Waals surface area contributed by atoms with Crippen molar-refractivity contribution in [3.05, 3.63) is 54.1 Å². The summed E-state index contributed by atoms with van der Waals surface area (Å²) in [5.41, 5.74) is 2.19. The third kappa shape index (κ3) is 3.69. The van der Waals surface area contributed by atoms with Crippen molar-refractivity contribution in [3.63, 3.8) is 0 Å². The number of likely N-dealkylation sites (tertiary alicyclic amines) is 1. The van der Waals surface area contributed by atoms with Crippen molar-refractivity contribution >= 4 is 45.0 Å². The maximum absolute atomic E-state index is 14.2. The number of piperidine rings is 1. The number of sulfonamides is 1. The number of amides is 2. The van der Waals surface area contributed by atoms with Gasteiger partial charge in [0.25, 0.3) is 5.91 Å². The summed E-state index contributed by atoms with van der Waals surface area (Å²) in [5, 5.41) is 0. The highest BCUT2D eigenvalue weighted by atomic mass is 32.2. The molecule has 1 spiro atoms. The van der Waals surface area contributed by atoms with E-state index in [0.29, 0.717) is 25.4 Å². The highest BCUT2D eigenvalue weighted by molar-refractivity contribution is 8.02. The van der Waals surface area contributed by atoms with Gasteiger partial charge in [-0.1, -0.05) is 24.6 Å². The SMILES string of the molecule is O=C1CSC2(C(=O)N(CN3CCCCC3)c3ccccc32)N1c1ccc(S(=O)(=O)N2CCCC2)cc1. The molecule has 3 fully saturated rings. The molecule has 4 aliphatic rings. The number of carbonyl (C=O) groups is 2. The number of thioether (sulfide) groups is 1. The lowest BCUT2D eigenvalue weighted by atomic mass is 10.0. The molecule has 8 nitrogen and oxygen atoms in total. The molecular weight excluding hydrogens is 496 g/mol. The van der Waals surface area contributed by atoms with Gasteiger partial charge in [-0.3, -0.25) is 24.3 Å². The van der Waals surface area contributed by atoms with Gasteiger partial charge in [0.2, 0.25) is 20.8 Å². The first-order valence-electron chi connectivity index (χ1n) is 12.6. The Balaban J connectivity index is 1.36. The van der Waals surface area contributed by atoms with Crippen molar-refractivity contribution in [2.45, 2.75) is 41.9 Å². The van der Waals surface area contributed by atoms with Crippen LogP contribution in [0.1, 0.15) is 37.7 Å². The molecule has 1 unspecified atom stereocenters. The summed E-state index contributed by atoms with van der Waals surface area (Å²) >= 11 is 1.35. The Hall–Kier alpha value is -2.40. The lowest BCUT2D eigenvalue weighted by Crippen LogP contribution is -2.52. The van der Waals surface area contributed by atoms with E-state index in [9.17, 15) is 18.0 Å². The van der Waals surface area contributed by atoms with Crippen molar-refractivity contribution < 1.29 is 18.0 Å². The third-order valence-electron chi connectivity index (χ3n) is 7.65. The number of benzene rings is 2. The highest BCUT2D eigenvalue weighted by Crippen LogP contribution is 2.55. The molecule has 190 valence electrons. The van der Waals surface area contributed by atoms with Crippen LogP contribution in [-0.4, -0.2) is 68.0 Å². The molecule has 2 aromatic rings. The average molecular weight is 527 g/mol. The smallest absolute Gasteiger partial charge is 0.269 e. The summed E-state index contributed by atoms with van der Waals surface area (Å²) in [7, 11) is -3.56. The van der Waals surface area contributed by atoms with Gasteiger partial charge in [0.15, 0.2) is 0 Å². The standard InChI is InChI=1S/C26H30N4O4S2/c31-24-18-35-26(30(24)20-10-12-21(13-11-20)36(33,34)28-16-6-7-17-28)22-8-2-3-9-23(22)29(25(26)32)19-27-14-4-1-5-15-27/h2-3,8-13H,1,4-7,14-19H2. The summed E-state index contributed by atoms with van der Waals surface area (Å²) in [6.45, 7) is 3.50. The largest absolute Gasteiger partial charge is 0.295 e. The van der Waals surface area contributed by atoms with E-state index in [2.05, 4.69) is 4.90 Å². The number of rotatable bonds is 5. The van der Waals surface area contributed by atoms with Crippen molar-refractivity contribution in [2.75, 3.05) is 48.4 Å². The van der Waals surface area contributed by atoms with E-state index in [1.165, 1.54) is 22.5 Å². The van der Waals surface area contributed by atoms with Gasteiger partial charge in [0, 0.05) is 24.3 Å².